The number of amides is 3. The Balaban J connectivity index is 1.35. The second-order valence-corrected chi connectivity index (χ2v) is 11.7. The highest BCUT2D eigenvalue weighted by atomic mass is 79.9. The number of hydrogen-bond donors (Lipinski definition) is 2. The fourth-order valence-electron chi connectivity index (χ4n) is 4.99. The van der Waals surface area contributed by atoms with Crippen molar-refractivity contribution in [3.05, 3.63) is 73.2 Å². The van der Waals surface area contributed by atoms with Gasteiger partial charge in [0.2, 0.25) is 0 Å². The predicted octanol–water partition coefficient (Wildman–Crippen LogP) is 4.75. The highest BCUT2D eigenvalue weighted by Gasteiger charge is 2.32. The third-order valence-corrected chi connectivity index (χ3v) is 8.92. The van der Waals surface area contributed by atoms with E-state index in [9.17, 15) is 9.59 Å². The van der Waals surface area contributed by atoms with Gasteiger partial charge in [-0.2, -0.15) is 0 Å². The van der Waals surface area contributed by atoms with E-state index in [0.29, 0.717) is 27.8 Å². The average Bonchev–Trinajstić information content (AvgIpc) is 3.31. The van der Waals surface area contributed by atoms with E-state index in [-0.39, 0.29) is 11.9 Å². The summed E-state index contributed by atoms with van der Waals surface area (Å²) in [6, 6.07) is 15.1. The lowest BCUT2D eigenvalue weighted by atomic mass is 10.1. The van der Waals surface area contributed by atoms with Gasteiger partial charge in [-0.15, -0.1) is 11.3 Å². The van der Waals surface area contributed by atoms with Crippen molar-refractivity contribution < 1.29 is 14.3 Å². The molecular formula is C29H28BrN5O3S. The van der Waals surface area contributed by atoms with E-state index in [1.165, 1.54) is 22.5 Å². The van der Waals surface area contributed by atoms with Crippen molar-refractivity contribution in [3.63, 3.8) is 0 Å². The van der Waals surface area contributed by atoms with Crippen LogP contribution in [0.5, 0.6) is 0 Å². The van der Waals surface area contributed by atoms with Crippen molar-refractivity contribution in [1.82, 2.24) is 4.90 Å². The fraction of sp³-hybridized carbons (Fsp3) is 0.276. The number of carbonyl (C=O) groups excluding carboxylic acids is 2. The first kappa shape index (κ1) is 25.9. The molecule has 1 fully saturated rings. The van der Waals surface area contributed by atoms with E-state index >= 15 is 0 Å². The molecule has 3 aromatic rings. The number of rotatable bonds is 5. The van der Waals surface area contributed by atoms with Crippen molar-refractivity contribution in [1.29, 1.82) is 0 Å². The molecule has 200 valence electrons. The summed E-state index contributed by atoms with van der Waals surface area (Å²) in [5, 5.41) is 6.83. The number of halogens is 1. The lowest BCUT2D eigenvalue weighted by molar-refractivity contribution is 0.0342. The van der Waals surface area contributed by atoms with E-state index in [0.717, 1.165) is 59.9 Å². The monoisotopic (exact) mass is 605 g/mol. The summed E-state index contributed by atoms with van der Waals surface area (Å²) in [7, 11) is 0. The number of morpholine rings is 1. The number of benzene rings is 2. The van der Waals surface area contributed by atoms with Crippen molar-refractivity contribution in [2.24, 2.45) is 4.99 Å². The minimum absolute atomic E-state index is 0.254. The number of ether oxygens (including phenoxy) is 1. The number of thiophene rings is 1. The van der Waals surface area contributed by atoms with Gasteiger partial charge in [0.1, 0.15) is 4.88 Å². The molecule has 0 bridgehead atoms. The SMILES string of the molecule is C/C1=c2/sc(C(=O)Nc3ccc(CN4CCOCC4)cc3)c3c2=C(/N=C\CC1)N(c1ccc(Br)cc1)C(=O)N3. The zero-order valence-electron chi connectivity index (χ0n) is 21.5. The highest BCUT2D eigenvalue weighted by Crippen LogP contribution is 2.30. The molecule has 3 aliphatic heterocycles. The molecule has 3 aliphatic rings. The molecule has 2 aromatic carbocycles. The van der Waals surface area contributed by atoms with Crippen LogP contribution in [0.15, 0.2) is 58.0 Å². The quantitative estimate of drug-likeness (QED) is 0.439. The van der Waals surface area contributed by atoms with Gasteiger partial charge in [0.05, 0.1) is 29.8 Å². The Hall–Kier alpha value is -3.31. The van der Waals surface area contributed by atoms with Crippen LogP contribution in [0.25, 0.3) is 11.4 Å². The number of anilines is 3. The van der Waals surface area contributed by atoms with Crippen LogP contribution in [-0.4, -0.2) is 49.4 Å². The fourth-order valence-corrected chi connectivity index (χ4v) is 6.43. The Morgan fingerprint density at radius 1 is 1.13 bits per heavy atom. The van der Waals surface area contributed by atoms with Gasteiger partial charge in [-0.1, -0.05) is 33.6 Å². The lowest BCUT2D eigenvalue weighted by Gasteiger charge is -2.27. The summed E-state index contributed by atoms with van der Waals surface area (Å²) in [6.45, 7) is 6.32. The number of aliphatic imine (C=N–C) groups is 1. The zero-order valence-corrected chi connectivity index (χ0v) is 23.9. The van der Waals surface area contributed by atoms with Crippen LogP contribution in [0.3, 0.4) is 0 Å². The number of hydrogen-bond acceptors (Lipinski definition) is 6. The smallest absolute Gasteiger partial charge is 0.332 e. The molecule has 8 nitrogen and oxygen atoms in total. The molecule has 0 aliphatic carbocycles. The van der Waals surface area contributed by atoms with Crippen LogP contribution >= 0.6 is 27.3 Å². The van der Waals surface area contributed by atoms with Gasteiger partial charge in [-0.05, 0) is 61.7 Å². The molecular weight excluding hydrogens is 578 g/mol. The molecule has 1 saturated heterocycles. The second-order valence-electron chi connectivity index (χ2n) is 9.75. The molecule has 0 unspecified atom stereocenters. The summed E-state index contributed by atoms with van der Waals surface area (Å²) >= 11 is 4.87. The summed E-state index contributed by atoms with van der Waals surface area (Å²) in [5.74, 6) is 0.282. The first-order chi connectivity index (χ1) is 19.0. The maximum atomic E-state index is 13.6. The van der Waals surface area contributed by atoms with E-state index in [1.807, 2.05) is 54.7 Å². The van der Waals surface area contributed by atoms with Gasteiger partial charge in [-0.3, -0.25) is 9.69 Å². The standard InChI is InChI=1S/C29H28BrN5O3S/c1-18-3-2-12-31-27-23-24(33-29(37)35(27)22-10-6-20(30)7-11-22)26(39-25(18)23)28(36)32-21-8-4-19(5-9-21)17-34-13-15-38-16-14-34/h4-12H,2-3,13-17H2,1H3,(H,32,36)(H,33,37)/b25-18-,31-12-. The number of carbonyl (C=O) groups is 2. The van der Waals surface area contributed by atoms with E-state index < -0.39 is 0 Å². The molecule has 1 aromatic heterocycles. The molecule has 39 heavy (non-hydrogen) atoms. The van der Waals surface area contributed by atoms with E-state index in [4.69, 9.17) is 9.73 Å². The molecule has 4 heterocycles. The molecule has 0 radical (unpaired) electrons. The number of nitrogens with one attached hydrogen (secondary N) is 2. The van der Waals surface area contributed by atoms with E-state index in [1.54, 1.807) is 4.90 Å². The molecule has 6 rings (SSSR count). The van der Waals surface area contributed by atoms with Crippen LogP contribution < -0.4 is 25.3 Å². The van der Waals surface area contributed by atoms with Gasteiger partial charge in [0.15, 0.2) is 5.82 Å². The van der Waals surface area contributed by atoms with Crippen LogP contribution in [0.2, 0.25) is 0 Å². The van der Waals surface area contributed by atoms with Gasteiger partial charge >= 0.3 is 6.03 Å². The van der Waals surface area contributed by atoms with Crippen LogP contribution in [0.1, 0.15) is 35.0 Å². The lowest BCUT2D eigenvalue weighted by Crippen LogP contribution is -2.45. The van der Waals surface area contributed by atoms with Crippen molar-refractivity contribution in [2.45, 2.75) is 26.3 Å². The Labute approximate surface area is 238 Å². The Bertz CT molecular complexity index is 1570. The largest absolute Gasteiger partial charge is 0.379 e. The molecule has 0 atom stereocenters. The second kappa shape index (κ2) is 11.1. The van der Waals surface area contributed by atoms with Crippen LogP contribution in [0, 0.1) is 0 Å². The van der Waals surface area contributed by atoms with Gasteiger partial charge in [0, 0.05) is 40.5 Å². The topological polar surface area (TPSA) is 86.3 Å². The maximum absolute atomic E-state index is 13.6. The third-order valence-electron chi connectivity index (χ3n) is 7.04. The van der Waals surface area contributed by atoms with Crippen molar-refractivity contribution in [2.75, 3.05) is 41.8 Å². The highest BCUT2D eigenvalue weighted by molar-refractivity contribution is 9.10. The minimum Gasteiger partial charge on any atom is -0.379 e. The molecule has 3 amide bonds. The van der Waals surface area contributed by atoms with E-state index in [2.05, 4.69) is 38.4 Å². The Morgan fingerprint density at radius 3 is 2.62 bits per heavy atom. The van der Waals surface area contributed by atoms with Crippen LogP contribution in [0.4, 0.5) is 21.9 Å². The zero-order chi connectivity index (χ0) is 26.9. The van der Waals surface area contributed by atoms with Gasteiger partial charge < -0.3 is 15.4 Å². The molecule has 0 saturated carbocycles. The maximum Gasteiger partial charge on any atom is 0.332 e. The summed E-state index contributed by atoms with van der Waals surface area (Å²) < 4.78 is 7.33. The summed E-state index contributed by atoms with van der Waals surface area (Å²) in [6.07, 6.45) is 3.45. The molecule has 2 N–H and O–H groups in total. The first-order valence-electron chi connectivity index (χ1n) is 12.9. The van der Waals surface area contributed by atoms with Gasteiger partial charge in [0.25, 0.3) is 5.91 Å². The minimum atomic E-state index is -0.346. The van der Waals surface area contributed by atoms with Crippen molar-refractivity contribution in [3.8, 4) is 0 Å². The normalized spacial score (nSPS) is 19.6. The number of urea groups is 1. The van der Waals surface area contributed by atoms with Crippen molar-refractivity contribution >= 4 is 73.9 Å². The first-order valence-corrected chi connectivity index (χ1v) is 14.6. The van der Waals surface area contributed by atoms with Crippen LogP contribution in [-0.2, 0) is 11.3 Å². The summed E-state index contributed by atoms with van der Waals surface area (Å²) in [4.78, 5) is 36.1. The average molecular weight is 607 g/mol. The molecule has 0 spiro atoms. The predicted molar refractivity (Wildman–Crippen MR) is 160 cm³/mol. The molecule has 10 heteroatoms. The third kappa shape index (κ3) is 5.29. The Kier molecular flexibility index (Phi) is 7.35. The summed E-state index contributed by atoms with van der Waals surface area (Å²) in [5.41, 5.74) is 4.28. The number of nitrogens with zero attached hydrogens (tertiary/aromatic N) is 3. The van der Waals surface area contributed by atoms with Gasteiger partial charge in [-0.25, -0.2) is 14.7 Å². The Morgan fingerprint density at radius 2 is 1.87 bits per heavy atom.